The van der Waals surface area contributed by atoms with Gasteiger partial charge in [0.1, 0.15) is 5.54 Å². The summed E-state index contributed by atoms with van der Waals surface area (Å²) in [7, 11) is 5.64. The van der Waals surface area contributed by atoms with Gasteiger partial charge < -0.3 is 4.74 Å². The van der Waals surface area contributed by atoms with Gasteiger partial charge in [-0.05, 0) is 20.8 Å². The van der Waals surface area contributed by atoms with Crippen LogP contribution in [0.4, 0.5) is 0 Å². The first-order chi connectivity index (χ1) is 5.84. The molecule has 0 aromatic rings. The molecule has 4 heteroatoms. The molecule has 78 valence electrons. The van der Waals surface area contributed by atoms with Gasteiger partial charge >= 0.3 is 5.97 Å². The number of esters is 1. The highest BCUT2D eigenvalue weighted by Crippen LogP contribution is 2.14. The zero-order chi connectivity index (χ0) is 10.6. The molecule has 0 aliphatic carbocycles. The maximum Gasteiger partial charge on any atom is 0.327 e. The third-order valence-electron chi connectivity index (χ3n) is 2.18. The largest absolute Gasteiger partial charge is 0.465 e. The molecule has 13 heavy (non-hydrogen) atoms. The molecule has 0 rings (SSSR count). The molecular formula is C9H20N2O2. The highest BCUT2D eigenvalue weighted by molar-refractivity contribution is 5.79. The lowest BCUT2D eigenvalue weighted by Crippen LogP contribution is -2.54. The predicted octanol–water partition coefficient (Wildman–Crippen LogP) is 0.736. The molecule has 0 spiro atoms. The van der Waals surface area contributed by atoms with Crippen LogP contribution in [0, 0.1) is 0 Å². The molecule has 0 amide bonds. The van der Waals surface area contributed by atoms with Gasteiger partial charge in [-0.2, -0.15) is 0 Å². The van der Waals surface area contributed by atoms with Gasteiger partial charge in [-0.1, -0.05) is 0 Å². The molecule has 0 N–H and O–H groups in total. The molecule has 0 atom stereocenters. The topological polar surface area (TPSA) is 32.8 Å². The number of carbonyl (C=O) groups is 1. The van der Waals surface area contributed by atoms with Gasteiger partial charge in [-0.15, -0.1) is 0 Å². The van der Waals surface area contributed by atoms with Crippen molar-refractivity contribution in [2.75, 3.05) is 27.7 Å². The average Bonchev–Trinajstić information content (AvgIpc) is 2.03. The Morgan fingerprint density at radius 2 is 1.77 bits per heavy atom. The molecule has 0 unspecified atom stereocenters. The SMILES string of the molecule is CCOC(=O)C(C)(C)N(C)N(C)C. The molecular weight excluding hydrogens is 168 g/mol. The minimum atomic E-state index is -0.612. The Morgan fingerprint density at radius 1 is 1.31 bits per heavy atom. The van der Waals surface area contributed by atoms with Crippen molar-refractivity contribution in [2.45, 2.75) is 26.3 Å². The highest BCUT2D eigenvalue weighted by Gasteiger charge is 2.34. The van der Waals surface area contributed by atoms with Crippen LogP contribution < -0.4 is 0 Å². The minimum Gasteiger partial charge on any atom is -0.465 e. The minimum absolute atomic E-state index is 0.203. The normalized spacial score (nSPS) is 12.3. The van der Waals surface area contributed by atoms with Crippen LogP contribution in [0.15, 0.2) is 0 Å². The van der Waals surface area contributed by atoms with Gasteiger partial charge in [-0.3, -0.25) is 4.79 Å². The third-order valence-corrected chi connectivity index (χ3v) is 2.18. The van der Waals surface area contributed by atoms with Gasteiger partial charge in [0.05, 0.1) is 6.61 Å². The van der Waals surface area contributed by atoms with E-state index in [9.17, 15) is 4.79 Å². The van der Waals surface area contributed by atoms with E-state index in [1.807, 2.05) is 51.9 Å². The van der Waals surface area contributed by atoms with Crippen molar-refractivity contribution in [2.24, 2.45) is 0 Å². The summed E-state index contributed by atoms with van der Waals surface area (Å²) in [5, 5.41) is 3.70. The van der Waals surface area contributed by atoms with Gasteiger partial charge in [0.2, 0.25) is 0 Å². The zero-order valence-electron chi connectivity index (χ0n) is 9.42. The zero-order valence-corrected chi connectivity index (χ0v) is 9.42. The second-order valence-electron chi connectivity index (χ2n) is 3.65. The first kappa shape index (κ1) is 12.4. The fourth-order valence-electron chi connectivity index (χ4n) is 0.940. The number of rotatable bonds is 4. The maximum atomic E-state index is 11.5. The van der Waals surface area contributed by atoms with Crippen molar-refractivity contribution in [3.63, 3.8) is 0 Å². The van der Waals surface area contributed by atoms with Crippen molar-refractivity contribution in [3.8, 4) is 0 Å². The molecule has 0 aliphatic rings. The molecule has 0 saturated carbocycles. The van der Waals surface area contributed by atoms with Crippen LogP contribution in [0.3, 0.4) is 0 Å². The third kappa shape index (κ3) is 2.97. The number of likely N-dealkylation sites (N-methyl/N-ethyl adjacent to an activating group) is 1. The van der Waals surface area contributed by atoms with Crippen molar-refractivity contribution in [3.05, 3.63) is 0 Å². The Kier molecular flexibility index (Phi) is 4.36. The van der Waals surface area contributed by atoms with Crippen LogP contribution >= 0.6 is 0 Å². The first-order valence-corrected chi connectivity index (χ1v) is 4.42. The Balaban J connectivity index is 4.45. The molecule has 0 saturated heterocycles. The van der Waals surface area contributed by atoms with Gasteiger partial charge in [0, 0.05) is 21.1 Å². The lowest BCUT2D eigenvalue weighted by Gasteiger charge is -2.37. The standard InChI is InChI=1S/C9H20N2O2/c1-7-13-8(12)9(2,3)11(6)10(4)5/h7H2,1-6H3. The molecule has 4 nitrogen and oxygen atoms in total. The summed E-state index contributed by atoms with van der Waals surface area (Å²) in [4.78, 5) is 11.5. The Morgan fingerprint density at radius 3 is 2.08 bits per heavy atom. The summed E-state index contributed by atoms with van der Waals surface area (Å²) in [6.07, 6.45) is 0. The molecule has 0 radical (unpaired) electrons. The van der Waals surface area contributed by atoms with Gasteiger partial charge in [0.15, 0.2) is 0 Å². The molecule has 0 aromatic heterocycles. The van der Waals surface area contributed by atoms with Crippen molar-refractivity contribution in [1.82, 2.24) is 10.0 Å². The number of hydrazine groups is 1. The fourth-order valence-corrected chi connectivity index (χ4v) is 0.940. The van der Waals surface area contributed by atoms with E-state index >= 15 is 0 Å². The van der Waals surface area contributed by atoms with E-state index in [1.165, 1.54) is 0 Å². The van der Waals surface area contributed by atoms with E-state index in [0.717, 1.165) is 0 Å². The maximum absolute atomic E-state index is 11.5. The number of hydrogen-bond donors (Lipinski definition) is 0. The summed E-state index contributed by atoms with van der Waals surface area (Å²) in [6, 6.07) is 0. The monoisotopic (exact) mass is 188 g/mol. The average molecular weight is 188 g/mol. The summed E-state index contributed by atoms with van der Waals surface area (Å²) in [5.41, 5.74) is -0.612. The van der Waals surface area contributed by atoms with E-state index in [-0.39, 0.29) is 5.97 Å². The van der Waals surface area contributed by atoms with E-state index in [2.05, 4.69) is 0 Å². The van der Waals surface area contributed by atoms with Crippen molar-refractivity contribution in [1.29, 1.82) is 0 Å². The van der Waals surface area contributed by atoms with Crippen LogP contribution in [0.1, 0.15) is 20.8 Å². The van der Waals surface area contributed by atoms with Crippen LogP contribution in [0.2, 0.25) is 0 Å². The summed E-state index contributed by atoms with van der Waals surface area (Å²) < 4.78 is 4.97. The summed E-state index contributed by atoms with van der Waals surface area (Å²) in [6.45, 7) is 5.91. The van der Waals surface area contributed by atoms with Crippen LogP contribution in [0.5, 0.6) is 0 Å². The number of hydrogen-bond acceptors (Lipinski definition) is 4. The molecule has 0 aliphatic heterocycles. The van der Waals surface area contributed by atoms with Crippen LogP contribution in [-0.4, -0.2) is 49.3 Å². The second kappa shape index (κ2) is 4.58. The summed E-state index contributed by atoms with van der Waals surface area (Å²) >= 11 is 0. The van der Waals surface area contributed by atoms with E-state index in [4.69, 9.17) is 4.74 Å². The lowest BCUT2D eigenvalue weighted by atomic mass is 10.1. The molecule has 0 aromatic carbocycles. The van der Waals surface area contributed by atoms with Crippen LogP contribution in [0.25, 0.3) is 0 Å². The van der Waals surface area contributed by atoms with Crippen molar-refractivity contribution >= 4 is 5.97 Å². The first-order valence-electron chi connectivity index (χ1n) is 4.42. The number of carbonyl (C=O) groups excluding carboxylic acids is 1. The molecule has 0 heterocycles. The lowest BCUT2D eigenvalue weighted by molar-refractivity contribution is -0.164. The highest BCUT2D eigenvalue weighted by atomic mass is 16.5. The quantitative estimate of drug-likeness (QED) is 0.481. The Labute approximate surface area is 80.4 Å². The van der Waals surface area contributed by atoms with E-state index in [1.54, 1.807) is 0 Å². The predicted molar refractivity (Wildman–Crippen MR) is 52.2 cm³/mol. The Bertz CT molecular complexity index is 178. The van der Waals surface area contributed by atoms with Crippen LogP contribution in [-0.2, 0) is 9.53 Å². The van der Waals surface area contributed by atoms with E-state index < -0.39 is 5.54 Å². The Hall–Kier alpha value is -0.610. The van der Waals surface area contributed by atoms with Crippen molar-refractivity contribution < 1.29 is 9.53 Å². The number of nitrogens with zero attached hydrogens (tertiary/aromatic N) is 2. The fraction of sp³-hybridized carbons (Fsp3) is 0.889. The molecule has 0 bridgehead atoms. The smallest absolute Gasteiger partial charge is 0.327 e. The summed E-state index contributed by atoms with van der Waals surface area (Å²) in [5.74, 6) is -0.203. The van der Waals surface area contributed by atoms with Gasteiger partial charge in [0.25, 0.3) is 0 Å². The van der Waals surface area contributed by atoms with Gasteiger partial charge in [-0.25, -0.2) is 10.0 Å². The molecule has 0 fully saturated rings. The second-order valence-corrected chi connectivity index (χ2v) is 3.65. The van der Waals surface area contributed by atoms with E-state index in [0.29, 0.717) is 6.61 Å². The number of ether oxygens (including phenoxy) is 1.